The maximum Gasteiger partial charge on any atom is 0.566 e. The first-order valence-electron chi connectivity index (χ1n) is 4.96. The molecule has 16 heavy (non-hydrogen) atoms. The zero-order valence-corrected chi connectivity index (χ0v) is 10.5. The lowest BCUT2D eigenvalue weighted by molar-refractivity contribution is -0.161. The number of ether oxygens (including phenoxy) is 2. The minimum absolute atomic E-state index is 0.161. The Balaban J connectivity index is 4.46. The molecule has 0 saturated heterocycles. The van der Waals surface area contributed by atoms with Gasteiger partial charge in [-0.3, -0.25) is 4.79 Å². The predicted octanol–water partition coefficient (Wildman–Crippen LogP) is 1.61. The molecule has 0 aliphatic heterocycles. The lowest BCUT2D eigenvalue weighted by atomic mass is 10.5. The standard InChI is InChI=1S/C9H16O6P/c1-4-6-13-8(11)9(15-7(3)10)16(12)14-5-2/h9H,4-6H2,1-3H3/q+1. The van der Waals surface area contributed by atoms with E-state index in [-0.39, 0.29) is 13.2 Å². The molecule has 0 spiro atoms. The lowest BCUT2D eigenvalue weighted by Gasteiger charge is -2.06. The second-order valence-electron chi connectivity index (χ2n) is 2.83. The van der Waals surface area contributed by atoms with Crippen LogP contribution in [0.2, 0.25) is 0 Å². The van der Waals surface area contributed by atoms with Crippen molar-refractivity contribution in [1.29, 1.82) is 0 Å². The summed E-state index contributed by atoms with van der Waals surface area (Å²) in [4.78, 5) is 22.1. The Kier molecular flexibility index (Phi) is 7.68. The van der Waals surface area contributed by atoms with Gasteiger partial charge in [0.05, 0.1) is 13.2 Å². The highest BCUT2D eigenvalue weighted by molar-refractivity contribution is 7.41. The molecule has 0 heterocycles. The van der Waals surface area contributed by atoms with Crippen LogP contribution in [0, 0.1) is 0 Å². The van der Waals surface area contributed by atoms with Crippen molar-refractivity contribution in [1.82, 2.24) is 0 Å². The second-order valence-corrected chi connectivity index (χ2v) is 4.13. The van der Waals surface area contributed by atoms with Crippen molar-refractivity contribution in [3.63, 3.8) is 0 Å². The average molecular weight is 251 g/mol. The van der Waals surface area contributed by atoms with E-state index in [1.54, 1.807) is 6.92 Å². The van der Waals surface area contributed by atoms with Gasteiger partial charge in [0.15, 0.2) is 0 Å². The van der Waals surface area contributed by atoms with Crippen LogP contribution in [-0.4, -0.2) is 31.0 Å². The third-order valence-corrected chi connectivity index (χ3v) is 2.59. The van der Waals surface area contributed by atoms with Gasteiger partial charge in [-0.15, -0.1) is 4.52 Å². The van der Waals surface area contributed by atoms with E-state index in [0.717, 1.165) is 6.92 Å². The Morgan fingerprint density at radius 1 is 1.31 bits per heavy atom. The minimum Gasteiger partial charge on any atom is -0.459 e. The molecule has 2 unspecified atom stereocenters. The molecule has 0 aliphatic carbocycles. The Labute approximate surface area is 95.1 Å². The monoisotopic (exact) mass is 251 g/mol. The molecule has 0 fully saturated rings. The Morgan fingerprint density at radius 3 is 2.38 bits per heavy atom. The molecule has 0 aromatic carbocycles. The number of rotatable bonds is 7. The van der Waals surface area contributed by atoms with E-state index in [4.69, 9.17) is 9.26 Å². The van der Waals surface area contributed by atoms with Crippen LogP contribution in [0.15, 0.2) is 0 Å². The molecule has 6 nitrogen and oxygen atoms in total. The maximum atomic E-state index is 11.4. The number of hydrogen-bond acceptors (Lipinski definition) is 6. The minimum atomic E-state index is -2.40. The van der Waals surface area contributed by atoms with Crippen molar-refractivity contribution >= 4 is 20.0 Å². The fraction of sp³-hybridized carbons (Fsp3) is 0.778. The van der Waals surface area contributed by atoms with Crippen molar-refractivity contribution in [2.75, 3.05) is 13.2 Å². The summed E-state index contributed by atoms with van der Waals surface area (Å²) in [6.07, 6.45) is 0.629. The van der Waals surface area contributed by atoms with Crippen molar-refractivity contribution in [2.45, 2.75) is 33.0 Å². The first-order chi connectivity index (χ1) is 7.52. The maximum absolute atomic E-state index is 11.4. The molecule has 92 valence electrons. The van der Waals surface area contributed by atoms with Gasteiger partial charge in [-0.25, -0.2) is 4.79 Å². The van der Waals surface area contributed by atoms with E-state index in [9.17, 15) is 14.2 Å². The molecule has 0 saturated carbocycles. The fourth-order valence-electron chi connectivity index (χ4n) is 0.803. The molecule has 0 N–H and O–H groups in total. The molecule has 0 radical (unpaired) electrons. The summed E-state index contributed by atoms with van der Waals surface area (Å²) in [5.41, 5.74) is 0. The predicted molar refractivity (Wildman–Crippen MR) is 56.0 cm³/mol. The molecule has 2 atom stereocenters. The number of carbonyl (C=O) groups excluding carboxylic acids is 2. The van der Waals surface area contributed by atoms with Gasteiger partial charge >= 0.3 is 25.8 Å². The smallest absolute Gasteiger partial charge is 0.459 e. The van der Waals surface area contributed by atoms with Gasteiger partial charge in [0, 0.05) is 6.92 Å². The van der Waals surface area contributed by atoms with Gasteiger partial charge in [0.2, 0.25) is 0 Å². The van der Waals surface area contributed by atoms with Gasteiger partial charge in [0.25, 0.3) is 0 Å². The number of hydrogen-bond donors (Lipinski definition) is 0. The number of carbonyl (C=O) groups is 2. The zero-order valence-electron chi connectivity index (χ0n) is 9.60. The third-order valence-electron chi connectivity index (χ3n) is 1.38. The van der Waals surface area contributed by atoms with Crippen molar-refractivity contribution in [2.24, 2.45) is 0 Å². The summed E-state index contributed by atoms with van der Waals surface area (Å²) in [5.74, 6) is -3.02. The van der Waals surface area contributed by atoms with E-state index >= 15 is 0 Å². The molecule has 0 bridgehead atoms. The largest absolute Gasteiger partial charge is 0.566 e. The molecule has 0 rings (SSSR count). The molecular weight excluding hydrogens is 235 g/mol. The first kappa shape index (κ1) is 15.0. The highest BCUT2D eigenvalue weighted by atomic mass is 31.1. The summed E-state index contributed by atoms with van der Waals surface area (Å²) in [6, 6.07) is 0. The molecule has 0 aromatic heterocycles. The Morgan fingerprint density at radius 2 is 1.94 bits per heavy atom. The third kappa shape index (κ3) is 5.78. The van der Waals surface area contributed by atoms with Crippen LogP contribution in [-0.2, 0) is 28.2 Å². The van der Waals surface area contributed by atoms with Crippen molar-refractivity contribution in [3.05, 3.63) is 0 Å². The molecule has 7 heteroatoms. The summed E-state index contributed by atoms with van der Waals surface area (Å²) < 4.78 is 25.5. The van der Waals surface area contributed by atoms with Gasteiger partial charge in [-0.1, -0.05) is 6.92 Å². The Bertz CT molecular complexity index is 265. The normalized spacial score (nSPS) is 12.8. The zero-order chi connectivity index (χ0) is 12.6. The van der Waals surface area contributed by atoms with E-state index in [2.05, 4.69) is 4.74 Å². The lowest BCUT2D eigenvalue weighted by Crippen LogP contribution is -2.26. The molecular formula is C9H16O6P+. The van der Waals surface area contributed by atoms with Gasteiger partial charge < -0.3 is 9.47 Å². The summed E-state index contributed by atoms with van der Waals surface area (Å²) in [5, 5.41) is 0. The first-order valence-corrected chi connectivity index (χ1v) is 6.20. The summed E-state index contributed by atoms with van der Waals surface area (Å²) in [7, 11) is -2.40. The molecule has 0 aliphatic rings. The van der Waals surface area contributed by atoms with Crippen LogP contribution in [0.1, 0.15) is 27.2 Å². The van der Waals surface area contributed by atoms with E-state index < -0.39 is 25.8 Å². The topological polar surface area (TPSA) is 78.9 Å². The van der Waals surface area contributed by atoms with Gasteiger partial charge in [0.1, 0.15) is 0 Å². The average Bonchev–Trinajstić information content (AvgIpc) is 2.22. The van der Waals surface area contributed by atoms with E-state index in [0.29, 0.717) is 6.42 Å². The van der Waals surface area contributed by atoms with Crippen LogP contribution in [0.5, 0.6) is 0 Å². The van der Waals surface area contributed by atoms with Crippen LogP contribution in [0.3, 0.4) is 0 Å². The van der Waals surface area contributed by atoms with Crippen molar-refractivity contribution in [3.8, 4) is 0 Å². The molecule has 0 amide bonds. The number of esters is 2. The summed E-state index contributed by atoms with van der Waals surface area (Å²) >= 11 is 0. The second kappa shape index (κ2) is 8.19. The molecule has 0 aromatic rings. The van der Waals surface area contributed by atoms with Gasteiger partial charge in [-0.05, 0) is 17.9 Å². The van der Waals surface area contributed by atoms with Gasteiger partial charge in [-0.2, -0.15) is 0 Å². The quantitative estimate of drug-likeness (QED) is 0.505. The highest BCUT2D eigenvalue weighted by Crippen LogP contribution is 2.31. The van der Waals surface area contributed by atoms with Crippen LogP contribution in [0.4, 0.5) is 0 Å². The Hall–Kier alpha value is -1.00. The van der Waals surface area contributed by atoms with Crippen LogP contribution >= 0.6 is 8.03 Å². The summed E-state index contributed by atoms with van der Waals surface area (Å²) in [6.45, 7) is 4.90. The van der Waals surface area contributed by atoms with Crippen LogP contribution < -0.4 is 0 Å². The highest BCUT2D eigenvalue weighted by Gasteiger charge is 2.44. The fourth-order valence-corrected chi connectivity index (χ4v) is 1.67. The van der Waals surface area contributed by atoms with E-state index in [1.807, 2.05) is 6.92 Å². The van der Waals surface area contributed by atoms with E-state index in [1.165, 1.54) is 0 Å². The van der Waals surface area contributed by atoms with Crippen molar-refractivity contribution < 1.29 is 28.2 Å². The SMILES string of the molecule is CCCOC(=O)C(OC(C)=O)[P+](=O)OCC. The van der Waals surface area contributed by atoms with Crippen LogP contribution in [0.25, 0.3) is 0 Å².